The Morgan fingerprint density at radius 3 is 2.16 bits per heavy atom. The summed E-state index contributed by atoms with van der Waals surface area (Å²) in [6.45, 7) is 15.6. The van der Waals surface area contributed by atoms with Crippen molar-refractivity contribution in [3.8, 4) is 5.69 Å². The van der Waals surface area contributed by atoms with Gasteiger partial charge in [0.25, 0.3) is 11.5 Å². The zero-order chi connectivity index (χ0) is 42.7. The van der Waals surface area contributed by atoms with Gasteiger partial charge in [-0.25, -0.2) is 19.4 Å². The number of benzene rings is 1. The van der Waals surface area contributed by atoms with Crippen molar-refractivity contribution < 1.29 is 42.6 Å². The average Bonchev–Trinajstić information content (AvgIpc) is 3.52. The third-order valence-electron chi connectivity index (χ3n) is 8.73. The van der Waals surface area contributed by atoms with Gasteiger partial charge in [0.05, 0.1) is 17.8 Å². The maximum absolute atomic E-state index is 13.9. The summed E-state index contributed by atoms with van der Waals surface area (Å²) in [6.07, 6.45) is 1.62. The minimum Gasteiger partial charge on any atom is -0.458 e. The van der Waals surface area contributed by atoms with E-state index in [1.54, 1.807) is 112 Å². The number of nitrogens with one attached hydrogen (secondary N) is 3. The van der Waals surface area contributed by atoms with E-state index in [4.69, 9.17) is 23.5 Å². The van der Waals surface area contributed by atoms with E-state index in [0.29, 0.717) is 11.3 Å². The molecular weight excluding hydrogens is 750 g/mol. The lowest BCUT2D eigenvalue weighted by Gasteiger charge is -2.35. The zero-order valence-corrected chi connectivity index (χ0v) is 34.8. The van der Waals surface area contributed by atoms with Crippen LogP contribution in [0.1, 0.15) is 91.3 Å². The highest BCUT2D eigenvalue weighted by Gasteiger charge is 2.35. The van der Waals surface area contributed by atoms with Gasteiger partial charge in [-0.1, -0.05) is 17.3 Å². The summed E-state index contributed by atoms with van der Waals surface area (Å²) in [5.41, 5.74) is -1.13. The molecule has 58 heavy (non-hydrogen) atoms. The molecule has 17 nitrogen and oxygen atoms in total. The Kier molecular flexibility index (Phi) is 12.5. The summed E-state index contributed by atoms with van der Waals surface area (Å²) in [7, 11) is 3.07. The summed E-state index contributed by atoms with van der Waals surface area (Å²) in [5, 5.41) is 12.7. The number of methoxy groups -OCH3 is 1. The summed E-state index contributed by atoms with van der Waals surface area (Å²) >= 11 is 0. The number of hydrogen-bond donors (Lipinski definition) is 3. The highest BCUT2D eigenvalue weighted by molar-refractivity contribution is 6.07. The maximum atomic E-state index is 13.9. The normalized spacial score (nSPS) is 16.1. The Morgan fingerprint density at radius 1 is 0.914 bits per heavy atom. The lowest BCUT2D eigenvalue weighted by Crippen LogP contribution is -2.51. The molecule has 0 aliphatic heterocycles. The van der Waals surface area contributed by atoms with E-state index in [2.05, 4.69) is 26.1 Å². The first kappa shape index (κ1) is 43.2. The predicted octanol–water partition coefficient (Wildman–Crippen LogP) is 6.17. The quantitative estimate of drug-likeness (QED) is 0.115. The lowest BCUT2D eigenvalue weighted by molar-refractivity contribution is -0.157. The standard InChI is InChI=1S/C41H53N7O10/c1-39(2,3)55-36(51)27(44-37(52)56-40(4,5)6)21-23-14-16-24(17-15-23)48-20-12-13-26(35(48)50)42-30-22-28(47(10)38(53)57-41(7,8)9)31-32(45-30)33(58-46-31)34(49)43-25-18-19-29(25)54-11/h12-17,20,22,25,27,29H,18-19,21H2,1-11H3,(H,42,45)(H,43,49)(H,44,52)/t25-,27+,29-/m1/s1. The van der Waals surface area contributed by atoms with Gasteiger partial charge in [-0.3, -0.25) is 19.1 Å². The Hall–Kier alpha value is -5.97. The molecule has 1 saturated carbocycles. The maximum Gasteiger partial charge on any atom is 0.414 e. The second-order valence-electron chi connectivity index (χ2n) is 17.0. The highest BCUT2D eigenvalue weighted by atomic mass is 16.6. The summed E-state index contributed by atoms with van der Waals surface area (Å²) in [6, 6.07) is 10.3. The molecule has 3 heterocycles. The van der Waals surface area contributed by atoms with Gasteiger partial charge in [0.1, 0.15) is 39.9 Å². The number of nitrogens with zero attached hydrogens (tertiary/aromatic N) is 4. The monoisotopic (exact) mass is 803 g/mol. The number of hydrogen-bond acceptors (Lipinski definition) is 13. The number of aromatic nitrogens is 3. The minimum absolute atomic E-state index is 0.0545. The molecule has 0 radical (unpaired) electrons. The number of fused-ring (bicyclic) bond motifs is 1. The molecule has 1 aliphatic carbocycles. The van der Waals surface area contributed by atoms with Crippen LogP contribution in [0.5, 0.6) is 0 Å². The zero-order valence-electron chi connectivity index (χ0n) is 34.8. The number of anilines is 3. The molecule has 0 unspecified atom stereocenters. The van der Waals surface area contributed by atoms with E-state index >= 15 is 0 Å². The first-order chi connectivity index (χ1) is 27.0. The van der Waals surface area contributed by atoms with Gasteiger partial charge in [-0.15, -0.1) is 0 Å². The molecule has 0 spiro atoms. The van der Waals surface area contributed by atoms with Crippen molar-refractivity contribution in [1.29, 1.82) is 0 Å². The highest BCUT2D eigenvalue weighted by Crippen LogP contribution is 2.32. The third-order valence-corrected chi connectivity index (χ3v) is 8.73. The molecule has 3 amide bonds. The van der Waals surface area contributed by atoms with Crippen LogP contribution in [0, 0.1) is 0 Å². The number of amides is 3. The first-order valence-corrected chi connectivity index (χ1v) is 18.9. The lowest BCUT2D eigenvalue weighted by atomic mass is 9.89. The smallest absolute Gasteiger partial charge is 0.414 e. The first-order valence-electron chi connectivity index (χ1n) is 18.9. The molecule has 1 aromatic carbocycles. The topological polar surface area (TPSA) is 205 Å². The number of rotatable bonds is 11. The van der Waals surface area contributed by atoms with Gasteiger partial charge >= 0.3 is 18.2 Å². The van der Waals surface area contributed by atoms with Crippen LogP contribution >= 0.6 is 0 Å². The summed E-state index contributed by atoms with van der Waals surface area (Å²) in [4.78, 5) is 72.1. The molecule has 0 saturated heterocycles. The van der Waals surface area contributed by atoms with E-state index in [1.165, 1.54) is 22.6 Å². The number of ether oxygens (including phenoxy) is 4. The van der Waals surface area contributed by atoms with Crippen molar-refractivity contribution in [1.82, 2.24) is 25.3 Å². The van der Waals surface area contributed by atoms with Gasteiger partial charge in [0.15, 0.2) is 5.52 Å². The molecule has 0 bridgehead atoms. The van der Waals surface area contributed by atoms with Gasteiger partial charge in [0, 0.05) is 38.5 Å². The predicted molar refractivity (Wildman–Crippen MR) is 216 cm³/mol. The molecule has 3 N–H and O–H groups in total. The number of pyridine rings is 2. The summed E-state index contributed by atoms with van der Waals surface area (Å²) < 4.78 is 28.9. The van der Waals surface area contributed by atoms with E-state index < -0.39 is 52.5 Å². The Balaban J connectivity index is 1.44. The molecule has 3 atom stereocenters. The van der Waals surface area contributed by atoms with E-state index in [0.717, 1.165) is 12.8 Å². The van der Waals surface area contributed by atoms with Crippen molar-refractivity contribution in [3.63, 3.8) is 0 Å². The van der Waals surface area contributed by atoms with Gasteiger partial charge in [0.2, 0.25) is 5.76 Å². The van der Waals surface area contributed by atoms with Crippen molar-refractivity contribution in [3.05, 3.63) is 70.3 Å². The number of esters is 1. The van der Waals surface area contributed by atoms with E-state index in [-0.39, 0.29) is 52.6 Å². The van der Waals surface area contributed by atoms with Crippen LogP contribution in [-0.2, 0) is 30.2 Å². The number of alkyl carbamates (subject to hydrolysis) is 1. The second kappa shape index (κ2) is 16.9. The van der Waals surface area contributed by atoms with Crippen LogP contribution < -0.4 is 26.4 Å². The van der Waals surface area contributed by atoms with Crippen LogP contribution in [0.25, 0.3) is 16.7 Å². The van der Waals surface area contributed by atoms with Gasteiger partial charge in [-0.05, 0) is 105 Å². The average molecular weight is 804 g/mol. The second-order valence-corrected chi connectivity index (χ2v) is 17.0. The fraction of sp³-hybridized carbons (Fsp3) is 0.488. The fourth-order valence-corrected chi connectivity index (χ4v) is 5.93. The Labute approximate surface area is 336 Å². The van der Waals surface area contributed by atoms with Crippen molar-refractivity contribution >= 4 is 52.3 Å². The largest absolute Gasteiger partial charge is 0.458 e. The molecule has 5 rings (SSSR count). The summed E-state index contributed by atoms with van der Waals surface area (Å²) in [5.74, 6) is -1.25. The van der Waals surface area contributed by atoms with Crippen molar-refractivity contribution in [2.24, 2.45) is 0 Å². The SMILES string of the molecule is CO[C@@H]1CC[C@H]1NC(=O)c1onc2c(N(C)C(=O)OC(C)(C)C)cc(Nc3cccn(-c4ccc(C[C@H](NC(=O)OC(C)(C)C)C(=O)OC(C)(C)C)cc4)c3=O)nc12. The molecule has 1 aliphatic rings. The van der Waals surface area contributed by atoms with Crippen LogP contribution in [0.4, 0.5) is 26.8 Å². The van der Waals surface area contributed by atoms with E-state index in [1.807, 2.05) is 0 Å². The van der Waals surface area contributed by atoms with Crippen LogP contribution in [-0.4, -0.2) is 87.9 Å². The van der Waals surface area contributed by atoms with Crippen LogP contribution in [0.15, 0.2) is 58.0 Å². The van der Waals surface area contributed by atoms with Crippen molar-refractivity contribution in [2.75, 3.05) is 24.4 Å². The third kappa shape index (κ3) is 10.9. The Bertz CT molecular complexity index is 2210. The molecule has 4 aromatic rings. The molecule has 1 fully saturated rings. The van der Waals surface area contributed by atoms with Gasteiger partial charge < -0.3 is 39.4 Å². The van der Waals surface area contributed by atoms with Gasteiger partial charge in [-0.2, -0.15) is 0 Å². The molecule has 312 valence electrons. The number of carbonyl (C=O) groups is 4. The Morgan fingerprint density at radius 2 is 1.57 bits per heavy atom. The van der Waals surface area contributed by atoms with E-state index in [9.17, 15) is 24.0 Å². The fourth-order valence-electron chi connectivity index (χ4n) is 5.93. The van der Waals surface area contributed by atoms with Crippen LogP contribution in [0.3, 0.4) is 0 Å². The van der Waals surface area contributed by atoms with Crippen LogP contribution in [0.2, 0.25) is 0 Å². The van der Waals surface area contributed by atoms with Crippen molar-refractivity contribution in [2.45, 2.75) is 117 Å². The minimum atomic E-state index is -1.04. The molecule has 3 aromatic heterocycles. The molecular formula is C41H53N7O10. The number of carbonyl (C=O) groups excluding carboxylic acids is 4. The molecule has 17 heteroatoms.